The van der Waals surface area contributed by atoms with Crippen LogP contribution < -0.4 is 4.74 Å². The molecule has 0 radical (unpaired) electrons. The number of ether oxygens (including phenoxy) is 1. The Bertz CT molecular complexity index is 873. The summed E-state index contributed by atoms with van der Waals surface area (Å²) in [5, 5.41) is 4.13. The van der Waals surface area contributed by atoms with Gasteiger partial charge in [-0.2, -0.15) is 13.8 Å². The van der Waals surface area contributed by atoms with Gasteiger partial charge in [0.2, 0.25) is 5.88 Å². The highest BCUT2D eigenvalue weighted by atomic mass is 79.9. The molecular weight excluding hydrogens is 348 g/mol. The van der Waals surface area contributed by atoms with E-state index in [2.05, 4.69) is 41.2 Å². The average molecular weight is 361 g/mol. The minimum atomic E-state index is 0.448. The quantitative estimate of drug-likeness (QED) is 0.714. The molecule has 0 saturated heterocycles. The largest absolute Gasteiger partial charge is 0.480 e. The maximum atomic E-state index is 5.46. The van der Waals surface area contributed by atoms with E-state index in [-0.39, 0.29) is 0 Å². The van der Waals surface area contributed by atoms with Gasteiger partial charge in [-0.25, -0.2) is 15.0 Å². The lowest BCUT2D eigenvalue weighted by molar-refractivity contribution is 0.396. The van der Waals surface area contributed by atoms with Crippen LogP contribution in [0.1, 0.15) is 30.3 Å². The van der Waals surface area contributed by atoms with Gasteiger partial charge in [0.15, 0.2) is 5.82 Å². The molecule has 112 valence electrons. The highest BCUT2D eigenvalue weighted by Gasteiger charge is 2.32. The molecule has 3 heterocycles. The van der Waals surface area contributed by atoms with E-state index in [9.17, 15) is 0 Å². The number of aryl methyl sites for hydroxylation is 1. The van der Waals surface area contributed by atoms with Gasteiger partial charge >= 0.3 is 0 Å². The van der Waals surface area contributed by atoms with E-state index in [1.165, 1.54) is 0 Å². The molecule has 0 atom stereocenters. The van der Waals surface area contributed by atoms with E-state index >= 15 is 0 Å². The summed E-state index contributed by atoms with van der Waals surface area (Å²) >= 11 is 3.31. The molecule has 1 aliphatic rings. The molecule has 0 unspecified atom stereocenters. The van der Waals surface area contributed by atoms with Crippen molar-refractivity contribution in [1.29, 1.82) is 0 Å². The Labute approximate surface area is 135 Å². The number of rotatable bonds is 3. The number of fused-ring (bicyclic) bond motifs is 1. The van der Waals surface area contributed by atoms with E-state index in [1.807, 2.05) is 6.92 Å². The molecule has 3 aromatic rings. The topological polar surface area (TPSA) is 78.6 Å². The van der Waals surface area contributed by atoms with Gasteiger partial charge in [-0.05, 0) is 19.8 Å². The van der Waals surface area contributed by atoms with Crippen molar-refractivity contribution >= 4 is 27.2 Å². The molecule has 3 aromatic heterocycles. The maximum absolute atomic E-state index is 5.46. The molecule has 0 bridgehead atoms. The number of nitrogens with zero attached hydrogens (tertiary/aromatic N) is 6. The smallest absolute Gasteiger partial charge is 0.228 e. The zero-order chi connectivity index (χ0) is 15.3. The second-order valence-corrected chi connectivity index (χ2v) is 5.96. The van der Waals surface area contributed by atoms with Gasteiger partial charge in [0.1, 0.15) is 22.4 Å². The summed E-state index contributed by atoms with van der Waals surface area (Å²) in [5.74, 6) is 2.26. The predicted molar refractivity (Wildman–Crippen MR) is 83.9 cm³/mol. The van der Waals surface area contributed by atoms with Crippen molar-refractivity contribution in [3.63, 3.8) is 0 Å². The van der Waals surface area contributed by atoms with Gasteiger partial charge in [0.05, 0.1) is 41.3 Å². The summed E-state index contributed by atoms with van der Waals surface area (Å²) in [6.07, 6.45) is 5.69. The highest BCUT2D eigenvalue weighted by Crippen LogP contribution is 2.45. The third-order valence-corrected chi connectivity index (χ3v) is 4.24. The zero-order valence-corrected chi connectivity index (χ0v) is 13.7. The number of aromatic nitrogens is 6. The van der Waals surface area contributed by atoms with Gasteiger partial charge in [-0.3, -0.25) is 0 Å². The van der Waals surface area contributed by atoms with Gasteiger partial charge in [0, 0.05) is 5.92 Å². The Kier molecular flexibility index (Phi) is 3.07. The first kappa shape index (κ1) is 13.6. The monoisotopic (exact) mass is 360 g/mol. The molecule has 22 heavy (non-hydrogen) atoms. The van der Waals surface area contributed by atoms with Crippen LogP contribution in [0.25, 0.3) is 22.4 Å². The van der Waals surface area contributed by atoms with Crippen molar-refractivity contribution in [3.8, 4) is 17.3 Å². The summed E-state index contributed by atoms with van der Waals surface area (Å²) in [4.78, 5) is 18.0. The zero-order valence-electron chi connectivity index (χ0n) is 12.1. The lowest BCUT2D eigenvalue weighted by Gasteiger charge is -2.11. The van der Waals surface area contributed by atoms with Gasteiger partial charge < -0.3 is 4.74 Å². The van der Waals surface area contributed by atoms with E-state index in [0.29, 0.717) is 23.4 Å². The summed E-state index contributed by atoms with van der Waals surface area (Å²) in [5.41, 5.74) is 3.34. The first-order valence-electron chi connectivity index (χ1n) is 6.97. The van der Waals surface area contributed by atoms with Crippen molar-refractivity contribution in [2.45, 2.75) is 25.7 Å². The third-order valence-electron chi connectivity index (χ3n) is 3.67. The minimum Gasteiger partial charge on any atom is -0.480 e. The van der Waals surface area contributed by atoms with Crippen LogP contribution in [0.5, 0.6) is 5.88 Å². The summed E-state index contributed by atoms with van der Waals surface area (Å²) in [6, 6.07) is 0. The van der Waals surface area contributed by atoms with Crippen LogP contribution in [0.2, 0.25) is 0 Å². The second kappa shape index (κ2) is 4.98. The normalized spacial score (nSPS) is 14.5. The Morgan fingerprint density at radius 1 is 1.23 bits per heavy atom. The maximum Gasteiger partial charge on any atom is 0.228 e. The Morgan fingerprint density at radius 3 is 2.77 bits per heavy atom. The van der Waals surface area contributed by atoms with Crippen molar-refractivity contribution in [1.82, 2.24) is 28.7 Å². The van der Waals surface area contributed by atoms with Crippen LogP contribution in [0.3, 0.4) is 0 Å². The molecular formula is C14H13BrN6O. The van der Waals surface area contributed by atoms with Crippen LogP contribution in [-0.4, -0.2) is 35.9 Å². The fourth-order valence-corrected chi connectivity index (χ4v) is 2.86. The molecule has 1 saturated carbocycles. The summed E-state index contributed by atoms with van der Waals surface area (Å²) in [7, 11) is 1.61. The minimum absolute atomic E-state index is 0.448. The van der Waals surface area contributed by atoms with Gasteiger partial charge in [0.25, 0.3) is 0 Å². The van der Waals surface area contributed by atoms with Crippen LogP contribution in [0.15, 0.2) is 12.4 Å². The summed E-state index contributed by atoms with van der Waals surface area (Å²) < 4.78 is 7.02. The lowest BCUT2D eigenvalue weighted by Crippen LogP contribution is -2.04. The molecule has 0 spiro atoms. The summed E-state index contributed by atoms with van der Waals surface area (Å²) in [6.45, 7) is 1.87. The van der Waals surface area contributed by atoms with Crippen LogP contribution >= 0.6 is 16.1 Å². The van der Waals surface area contributed by atoms with Crippen molar-refractivity contribution in [3.05, 3.63) is 23.9 Å². The second-order valence-electron chi connectivity index (χ2n) is 5.28. The van der Waals surface area contributed by atoms with Crippen molar-refractivity contribution in [2.75, 3.05) is 7.11 Å². The van der Waals surface area contributed by atoms with E-state index in [0.717, 1.165) is 35.1 Å². The first-order valence-corrected chi connectivity index (χ1v) is 7.68. The molecule has 1 aliphatic carbocycles. The molecule has 7 nitrogen and oxygen atoms in total. The molecule has 0 aromatic carbocycles. The first-order chi connectivity index (χ1) is 10.7. The number of hydrogen-bond donors (Lipinski definition) is 0. The molecule has 8 heteroatoms. The highest BCUT2D eigenvalue weighted by molar-refractivity contribution is 9.08. The predicted octanol–water partition coefficient (Wildman–Crippen LogP) is 2.64. The molecule has 1 fully saturated rings. The number of hydrogen-bond acceptors (Lipinski definition) is 6. The lowest BCUT2D eigenvalue weighted by atomic mass is 10.1. The number of methoxy groups -OCH3 is 1. The van der Waals surface area contributed by atoms with Crippen molar-refractivity contribution < 1.29 is 4.74 Å². The molecule has 0 amide bonds. The van der Waals surface area contributed by atoms with E-state index < -0.39 is 0 Å². The van der Waals surface area contributed by atoms with Crippen molar-refractivity contribution in [2.24, 2.45) is 0 Å². The van der Waals surface area contributed by atoms with Crippen LogP contribution in [0.4, 0.5) is 0 Å². The van der Waals surface area contributed by atoms with Gasteiger partial charge in [-0.15, -0.1) is 0 Å². The van der Waals surface area contributed by atoms with E-state index in [1.54, 1.807) is 23.2 Å². The Hall–Kier alpha value is -2.09. The fraction of sp³-hybridized carbons (Fsp3) is 0.357. The molecule has 0 aliphatic heterocycles. The SMILES string of the molecule is COc1nc(C)nc(C2CC2)c1-c1ncc2c(cnn2Br)n1. The van der Waals surface area contributed by atoms with Gasteiger partial charge in [-0.1, -0.05) is 0 Å². The van der Waals surface area contributed by atoms with E-state index in [4.69, 9.17) is 4.74 Å². The standard InChI is InChI=1S/C14H13BrN6O/c1-7-18-12(8-3-4-8)11(14(19-7)22-2)13-16-6-10-9(20-13)5-17-21(10)15/h5-6,8H,3-4H2,1-2H3. The average Bonchev–Trinajstić information content (AvgIpc) is 3.30. The number of halogens is 1. The van der Waals surface area contributed by atoms with Crippen LogP contribution in [-0.2, 0) is 0 Å². The fourth-order valence-electron chi connectivity index (χ4n) is 2.49. The Morgan fingerprint density at radius 2 is 2.05 bits per heavy atom. The molecule has 4 rings (SSSR count). The Balaban J connectivity index is 1.96. The third kappa shape index (κ3) is 2.14. The molecule has 0 N–H and O–H groups in total. The van der Waals surface area contributed by atoms with Crippen LogP contribution in [0, 0.1) is 6.92 Å².